The summed E-state index contributed by atoms with van der Waals surface area (Å²) in [6, 6.07) is 2.05. The molecule has 2 rings (SSSR count). The van der Waals surface area contributed by atoms with Crippen LogP contribution in [0.4, 0.5) is 13.6 Å². The minimum Gasteiger partial charge on any atom is -0.352 e. The second kappa shape index (κ2) is 5.94. The highest BCUT2D eigenvalue weighted by Crippen LogP contribution is 2.29. The van der Waals surface area contributed by atoms with Crippen molar-refractivity contribution in [1.29, 1.82) is 0 Å². The van der Waals surface area contributed by atoms with Gasteiger partial charge in [0.25, 0.3) is 5.91 Å². The second-order valence-electron chi connectivity index (χ2n) is 5.80. The molecule has 1 atom stereocenters. The summed E-state index contributed by atoms with van der Waals surface area (Å²) in [5, 5.41) is 4.99. The summed E-state index contributed by atoms with van der Waals surface area (Å²) in [5.41, 5.74) is -1.45. The van der Waals surface area contributed by atoms with Crippen LogP contribution in [-0.4, -0.2) is 35.3 Å². The molecule has 1 aliphatic heterocycles. The lowest BCUT2D eigenvalue weighted by Crippen LogP contribution is -2.44. The van der Waals surface area contributed by atoms with Gasteiger partial charge >= 0.3 is 6.03 Å². The van der Waals surface area contributed by atoms with E-state index in [1.54, 1.807) is 13.8 Å². The van der Waals surface area contributed by atoms with Crippen LogP contribution in [0, 0.1) is 11.6 Å². The third-order valence-electron chi connectivity index (χ3n) is 3.52. The number of hydrogen-bond acceptors (Lipinski definition) is 3. The molecule has 1 fully saturated rings. The van der Waals surface area contributed by atoms with Crippen molar-refractivity contribution in [3.8, 4) is 0 Å². The van der Waals surface area contributed by atoms with E-state index in [9.17, 15) is 23.2 Å². The Morgan fingerprint density at radius 3 is 2.52 bits per heavy atom. The highest BCUT2D eigenvalue weighted by Gasteiger charge is 2.49. The van der Waals surface area contributed by atoms with Crippen molar-refractivity contribution in [3.63, 3.8) is 0 Å². The van der Waals surface area contributed by atoms with Crippen LogP contribution in [-0.2, 0) is 15.1 Å². The molecular formula is C15H17F2N3O3. The molecule has 2 N–H and O–H groups in total. The van der Waals surface area contributed by atoms with Crippen LogP contribution in [0.5, 0.6) is 0 Å². The number of hydrogen-bond donors (Lipinski definition) is 2. The van der Waals surface area contributed by atoms with Gasteiger partial charge in [0.2, 0.25) is 5.91 Å². The van der Waals surface area contributed by atoms with Crippen molar-refractivity contribution in [2.75, 3.05) is 6.54 Å². The summed E-state index contributed by atoms with van der Waals surface area (Å²) in [5.74, 6) is -3.37. The first-order chi connectivity index (χ1) is 10.6. The number of amides is 4. The lowest BCUT2D eigenvalue weighted by atomic mass is 9.92. The molecule has 0 aliphatic carbocycles. The van der Waals surface area contributed by atoms with Gasteiger partial charge in [-0.05, 0) is 38.5 Å². The van der Waals surface area contributed by atoms with Crippen molar-refractivity contribution < 1.29 is 23.2 Å². The van der Waals surface area contributed by atoms with E-state index in [-0.39, 0.29) is 11.6 Å². The number of nitrogens with zero attached hydrogens (tertiary/aromatic N) is 1. The third-order valence-corrected chi connectivity index (χ3v) is 3.52. The lowest BCUT2D eigenvalue weighted by Gasteiger charge is -2.22. The summed E-state index contributed by atoms with van der Waals surface area (Å²) in [6.07, 6.45) is 0. The molecule has 0 saturated carbocycles. The predicted octanol–water partition coefficient (Wildman–Crippen LogP) is 1.26. The van der Waals surface area contributed by atoms with E-state index >= 15 is 0 Å². The number of halogens is 2. The average Bonchev–Trinajstić information content (AvgIpc) is 2.65. The predicted molar refractivity (Wildman–Crippen MR) is 77.2 cm³/mol. The number of carbonyl (C=O) groups excluding carboxylic acids is 3. The largest absolute Gasteiger partial charge is 0.352 e. The fourth-order valence-corrected chi connectivity index (χ4v) is 2.35. The van der Waals surface area contributed by atoms with Gasteiger partial charge in [-0.15, -0.1) is 0 Å². The fraction of sp³-hybridized carbons (Fsp3) is 0.400. The summed E-state index contributed by atoms with van der Waals surface area (Å²) in [4.78, 5) is 37.0. The van der Waals surface area contributed by atoms with Gasteiger partial charge in [-0.2, -0.15) is 0 Å². The zero-order chi connectivity index (χ0) is 17.4. The Kier molecular flexibility index (Phi) is 4.35. The van der Waals surface area contributed by atoms with Gasteiger partial charge in [-0.3, -0.25) is 14.5 Å². The maximum absolute atomic E-state index is 13.4. The van der Waals surface area contributed by atoms with Gasteiger partial charge in [0.15, 0.2) is 11.6 Å². The Labute approximate surface area is 131 Å². The van der Waals surface area contributed by atoms with Gasteiger partial charge in [-0.1, -0.05) is 6.07 Å². The Balaban J connectivity index is 2.25. The zero-order valence-corrected chi connectivity index (χ0v) is 12.9. The summed E-state index contributed by atoms with van der Waals surface area (Å²) < 4.78 is 26.4. The Morgan fingerprint density at radius 1 is 1.30 bits per heavy atom. The molecule has 1 aliphatic rings. The van der Waals surface area contributed by atoms with E-state index in [2.05, 4.69) is 10.6 Å². The molecule has 4 amide bonds. The minimum absolute atomic E-state index is 0.0986. The average molecular weight is 325 g/mol. The monoisotopic (exact) mass is 325 g/mol. The molecule has 0 radical (unpaired) electrons. The Hall–Kier alpha value is -2.51. The van der Waals surface area contributed by atoms with E-state index in [4.69, 9.17) is 0 Å². The van der Waals surface area contributed by atoms with Gasteiger partial charge < -0.3 is 10.6 Å². The number of urea groups is 1. The number of imide groups is 1. The van der Waals surface area contributed by atoms with E-state index in [1.165, 1.54) is 13.0 Å². The molecule has 1 heterocycles. The molecule has 8 heteroatoms. The minimum atomic E-state index is -1.55. The summed E-state index contributed by atoms with van der Waals surface area (Å²) in [7, 11) is 0. The first kappa shape index (κ1) is 16.9. The SMILES string of the molecule is CC(C)NC(=O)CN1C(=O)N[C@@](C)(c2ccc(F)c(F)c2)C1=O. The molecule has 23 heavy (non-hydrogen) atoms. The summed E-state index contributed by atoms with van der Waals surface area (Å²) >= 11 is 0. The van der Waals surface area contributed by atoms with Crippen molar-refractivity contribution in [3.05, 3.63) is 35.4 Å². The van der Waals surface area contributed by atoms with E-state index in [0.717, 1.165) is 17.0 Å². The first-order valence-corrected chi connectivity index (χ1v) is 7.04. The van der Waals surface area contributed by atoms with Crippen LogP contribution in [0.1, 0.15) is 26.3 Å². The van der Waals surface area contributed by atoms with Crippen molar-refractivity contribution in [2.24, 2.45) is 0 Å². The quantitative estimate of drug-likeness (QED) is 0.818. The highest BCUT2D eigenvalue weighted by atomic mass is 19.2. The Bertz CT molecular complexity index is 678. The molecule has 0 bridgehead atoms. The van der Waals surface area contributed by atoms with Crippen molar-refractivity contribution in [1.82, 2.24) is 15.5 Å². The van der Waals surface area contributed by atoms with E-state index in [1.807, 2.05) is 0 Å². The Morgan fingerprint density at radius 2 is 1.96 bits per heavy atom. The summed E-state index contributed by atoms with van der Waals surface area (Å²) in [6.45, 7) is 4.42. The topological polar surface area (TPSA) is 78.5 Å². The third kappa shape index (κ3) is 3.15. The van der Waals surface area contributed by atoms with Crippen molar-refractivity contribution >= 4 is 17.8 Å². The molecule has 124 valence electrons. The standard InChI is InChI=1S/C15H17F2N3O3/c1-8(2)18-12(21)7-20-13(22)15(3,19-14(20)23)9-4-5-10(16)11(17)6-9/h4-6,8H,7H2,1-3H3,(H,18,21)(H,19,23)/t15-/m0/s1. The van der Waals surface area contributed by atoms with E-state index in [0.29, 0.717) is 0 Å². The number of carbonyl (C=O) groups is 3. The van der Waals surface area contributed by atoms with E-state index < -0.39 is 41.6 Å². The zero-order valence-electron chi connectivity index (χ0n) is 12.9. The fourth-order valence-electron chi connectivity index (χ4n) is 2.35. The molecule has 0 unspecified atom stereocenters. The second-order valence-corrected chi connectivity index (χ2v) is 5.80. The van der Waals surface area contributed by atoms with Gasteiger partial charge in [0.1, 0.15) is 12.1 Å². The van der Waals surface area contributed by atoms with Crippen LogP contribution in [0.25, 0.3) is 0 Å². The van der Waals surface area contributed by atoms with Crippen LogP contribution in [0.3, 0.4) is 0 Å². The van der Waals surface area contributed by atoms with Crippen LogP contribution < -0.4 is 10.6 Å². The molecule has 1 aromatic rings. The van der Waals surface area contributed by atoms with Crippen LogP contribution in [0.15, 0.2) is 18.2 Å². The highest BCUT2D eigenvalue weighted by molar-refractivity contribution is 6.09. The van der Waals surface area contributed by atoms with Gasteiger partial charge in [0, 0.05) is 6.04 Å². The van der Waals surface area contributed by atoms with Crippen LogP contribution >= 0.6 is 0 Å². The molecule has 0 spiro atoms. The normalized spacial score (nSPS) is 20.9. The molecular weight excluding hydrogens is 308 g/mol. The van der Waals surface area contributed by atoms with Crippen molar-refractivity contribution in [2.45, 2.75) is 32.4 Å². The first-order valence-electron chi connectivity index (χ1n) is 7.04. The molecule has 1 saturated heterocycles. The molecule has 6 nitrogen and oxygen atoms in total. The number of nitrogens with one attached hydrogen (secondary N) is 2. The molecule has 0 aromatic heterocycles. The smallest absolute Gasteiger partial charge is 0.325 e. The molecule has 1 aromatic carbocycles. The van der Waals surface area contributed by atoms with Gasteiger partial charge in [-0.25, -0.2) is 13.6 Å². The van der Waals surface area contributed by atoms with Crippen LogP contribution in [0.2, 0.25) is 0 Å². The number of benzene rings is 1. The van der Waals surface area contributed by atoms with Gasteiger partial charge in [0.05, 0.1) is 0 Å². The maximum atomic E-state index is 13.4. The maximum Gasteiger partial charge on any atom is 0.325 e. The number of rotatable bonds is 4. The lowest BCUT2D eigenvalue weighted by molar-refractivity contribution is -0.135.